The van der Waals surface area contributed by atoms with Crippen LogP contribution in [0.3, 0.4) is 0 Å². The molecule has 28 heavy (non-hydrogen) atoms. The van der Waals surface area contributed by atoms with E-state index in [-0.39, 0.29) is 11.8 Å². The third-order valence-electron chi connectivity index (χ3n) is 5.26. The Morgan fingerprint density at radius 1 is 1.07 bits per heavy atom. The molecular formula is C22H27N3O3. The second kappa shape index (κ2) is 8.99. The highest BCUT2D eigenvalue weighted by Crippen LogP contribution is 2.24. The van der Waals surface area contributed by atoms with Crippen molar-refractivity contribution in [2.45, 2.75) is 19.9 Å². The number of benzene rings is 2. The lowest BCUT2D eigenvalue weighted by molar-refractivity contribution is -0.120. The number of anilines is 1. The van der Waals surface area contributed by atoms with Crippen LogP contribution in [0, 0.1) is 12.8 Å². The van der Waals surface area contributed by atoms with Crippen molar-refractivity contribution in [2.75, 3.05) is 31.6 Å². The molecule has 2 atom stereocenters. The molecule has 1 saturated heterocycles. The number of hydrogen-bond donors (Lipinski definition) is 2. The molecule has 3 N–H and O–H groups in total. The minimum absolute atomic E-state index is 0.0362. The molecule has 1 heterocycles. The first kappa shape index (κ1) is 20.0. The molecule has 2 aromatic carbocycles. The maximum Gasteiger partial charge on any atom is 0.254 e. The minimum atomic E-state index is -0.416. The Bertz CT molecular complexity index is 832. The van der Waals surface area contributed by atoms with Gasteiger partial charge in [-0.15, -0.1) is 0 Å². The fourth-order valence-electron chi connectivity index (χ4n) is 3.31. The second-order valence-electron chi connectivity index (χ2n) is 7.10. The van der Waals surface area contributed by atoms with Crippen molar-refractivity contribution in [2.24, 2.45) is 11.7 Å². The number of ether oxygens (including phenoxy) is 1. The monoisotopic (exact) mass is 381 g/mol. The molecule has 1 aliphatic heterocycles. The van der Waals surface area contributed by atoms with Gasteiger partial charge in [0, 0.05) is 30.4 Å². The van der Waals surface area contributed by atoms with Crippen LogP contribution in [-0.4, -0.2) is 43.0 Å². The van der Waals surface area contributed by atoms with Gasteiger partial charge in [-0.05, 0) is 30.2 Å². The highest BCUT2D eigenvalue weighted by atomic mass is 16.5. The van der Waals surface area contributed by atoms with Crippen LogP contribution >= 0.6 is 0 Å². The number of nitrogens with two attached hydrogens (primary N) is 1. The topological polar surface area (TPSA) is 84.7 Å². The van der Waals surface area contributed by atoms with Gasteiger partial charge in [0.25, 0.3) is 5.91 Å². The maximum absolute atomic E-state index is 12.8. The Morgan fingerprint density at radius 2 is 1.75 bits per heavy atom. The van der Waals surface area contributed by atoms with E-state index in [9.17, 15) is 9.59 Å². The van der Waals surface area contributed by atoms with Gasteiger partial charge in [-0.25, -0.2) is 0 Å². The SMILES string of the molecule is Cc1c(NC(=O)C(C)C(N)c2ccccc2)cccc1C(=O)N1CCOCC1. The Hall–Kier alpha value is -2.70. The molecule has 0 aliphatic carbocycles. The molecule has 0 saturated carbocycles. The fraction of sp³-hybridized carbons (Fsp3) is 0.364. The summed E-state index contributed by atoms with van der Waals surface area (Å²) >= 11 is 0. The number of morpholine rings is 1. The van der Waals surface area contributed by atoms with E-state index in [4.69, 9.17) is 10.5 Å². The number of carbonyl (C=O) groups is 2. The van der Waals surface area contributed by atoms with Crippen molar-refractivity contribution in [1.29, 1.82) is 0 Å². The lowest BCUT2D eigenvalue weighted by atomic mass is 9.94. The lowest BCUT2D eigenvalue weighted by Crippen LogP contribution is -2.41. The maximum atomic E-state index is 12.8. The van der Waals surface area contributed by atoms with Crippen molar-refractivity contribution in [3.63, 3.8) is 0 Å². The van der Waals surface area contributed by atoms with E-state index in [1.807, 2.05) is 50.2 Å². The first-order chi connectivity index (χ1) is 13.5. The molecule has 148 valence electrons. The van der Waals surface area contributed by atoms with Crippen LogP contribution in [0.15, 0.2) is 48.5 Å². The second-order valence-corrected chi connectivity index (χ2v) is 7.10. The number of carbonyl (C=O) groups excluding carboxylic acids is 2. The molecule has 1 aliphatic rings. The van der Waals surface area contributed by atoms with Crippen LogP contribution in [0.4, 0.5) is 5.69 Å². The molecule has 0 aromatic heterocycles. The highest BCUT2D eigenvalue weighted by molar-refractivity contribution is 6.00. The summed E-state index contributed by atoms with van der Waals surface area (Å²) in [5, 5.41) is 2.94. The smallest absolute Gasteiger partial charge is 0.254 e. The molecular weight excluding hydrogens is 354 g/mol. The third kappa shape index (κ3) is 4.40. The van der Waals surface area contributed by atoms with E-state index in [0.29, 0.717) is 37.6 Å². The van der Waals surface area contributed by atoms with Crippen LogP contribution < -0.4 is 11.1 Å². The van der Waals surface area contributed by atoms with Gasteiger partial charge < -0.3 is 20.7 Å². The highest BCUT2D eigenvalue weighted by Gasteiger charge is 2.24. The van der Waals surface area contributed by atoms with Gasteiger partial charge in [0.15, 0.2) is 0 Å². The number of hydrogen-bond acceptors (Lipinski definition) is 4. The van der Waals surface area contributed by atoms with Gasteiger partial charge in [0.1, 0.15) is 0 Å². The van der Waals surface area contributed by atoms with E-state index >= 15 is 0 Å². The zero-order valence-electron chi connectivity index (χ0n) is 16.4. The lowest BCUT2D eigenvalue weighted by Gasteiger charge is -2.28. The van der Waals surface area contributed by atoms with Gasteiger partial charge in [0.05, 0.1) is 19.1 Å². The van der Waals surface area contributed by atoms with Crippen molar-refractivity contribution < 1.29 is 14.3 Å². The molecule has 0 bridgehead atoms. The van der Waals surface area contributed by atoms with E-state index in [1.165, 1.54) is 0 Å². The number of nitrogens with zero attached hydrogens (tertiary/aromatic N) is 1. The Morgan fingerprint density at radius 3 is 2.43 bits per heavy atom. The quantitative estimate of drug-likeness (QED) is 0.834. The number of rotatable bonds is 5. The van der Waals surface area contributed by atoms with Crippen LogP contribution in [0.2, 0.25) is 0 Å². The summed E-state index contributed by atoms with van der Waals surface area (Å²) in [5.41, 5.74) is 9.18. The van der Waals surface area contributed by atoms with E-state index in [0.717, 1.165) is 11.1 Å². The summed E-state index contributed by atoms with van der Waals surface area (Å²) in [7, 11) is 0. The molecule has 3 rings (SSSR count). The number of amides is 2. The van der Waals surface area contributed by atoms with Gasteiger partial charge in [-0.2, -0.15) is 0 Å². The van der Waals surface area contributed by atoms with E-state index in [2.05, 4.69) is 5.32 Å². The first-order valence-electron chi connectivity index (χ1n) is 9.57. The van der Waals surface area contributed by atoms with Crippen LogP contribution in [0.1, 0.15) is 34.5 Å². The average molecular weight is 381 g/mol. The summed E-state index contributed by atoms with van der Waals surface area (Å²) in [4.78, 5) is 27.4. The summed E-state index contributed by atoms with van der Waals surface area (Å²) in [6, 6.07) is 14.6. The van der Waals surface area contributed by atoms with Crippen LogP contribution in [-0.2, 0) is 9.53 Å². The zero-order chi connectivity index (χ0) is 20.1. The van der Waals surface area contributed by atoms with Gasteiger partial charge >= 0.3 is 0 Å². The Balaban J connectivity index is 1.73. The minimum Gasteiger partial charge on any atom is -0.378 e. The molecule has 1 fully saturated rings. The average Bonchev–Trinajstić information content (AvgIpc) is 2.75. The van der Waals surface area contributed by atoms with Gasteiger partial charge in [-0.3, -0.25) is 9.59 Å². The van der Waals surface area contributed by atoms with Crippen molar-refractivity contribution in [3.05, 3.63) is 65.2 Å². The predicted octanol–water partition coefficient (Wildman–Crippen LogP) is 2.74. The summed E-state index contributed by atoms with van der Waals surface area (Å²) in [6.45, 7) is 5.93. The molecule has 0 spiro atoms. The Labute approximate surface area is 165 Å². The van der Waals surface area contributed by atoms with Gasteiger partial charge in [-0.1, -0.05) is 43.3 Å². The Kier molecular flexibility index (Phi) is 6.44. The molecule has 2 unspecified atom stereocenters. The summed E-state index contributed by atoms with van der Waals surface area (Å²) in [6.07, 6.45) is 0. The number of nitrogens with one attached hydrogen (secondary N) is 1. The third-order valence-corrected chi connectivity index (χ3v) is 5.26. The molecule has 0 radical (unpaired) electrons. The zero-order valence-corrected chi connectivity index (χ0v) is 16.4. The largest absolute Gasteiger partial charge is 0.378 e. The summed E-state index contributed by atoms with van der Waals surface area (Å²) < 4.78 is 5.31. The van der Waals surface area contributed by atoms with E-state index in [1.54, 1.807) is 17.0 Å². The van der Waals surface area contributed by atoms with Crippen molar-refractivity contribution in [1.82, 2.24) is 4.90 Å². The molecule has 2 aromatic rings. The molecule has 2 amide bonds. The van der Waals surface area contributed by atoms with Crippen molar-refractivity contribution >= 4 is 17.5 Å². The van der Waals surface area contributed by atoms with E-state index < -0.39 is 12.0 Å². The molecule has 6 heteroatoms. The van der Waals surface area contributed by atoms with Crippen LogP contribution in [0.5, 0.6) is 0 Å². The van der Waals surface area contributed by atoms with Crippen molar-refractivity contribution in [3.8, 4) is 0 Å². The van der Waals surface area contributed by atoms with Gasteiger partial charge in [0.2, 0.25) is 5.91 Å². The summed E-state index contributed by atoms with van der Waals surface area (Å²) in [5.74, 6) is -0.623. The van der Waals surface area contributed by atoms with Crippen LogP contribution in [0.25, 0.3) is 0 Å². The molecule has 6 nitrogen and oxygen atoms in total. The predicted molar refractivity (Wildman–Crippen MR) is 109 cm³/mol. The normalized spacial score (nSPS) is 16.3. The first-order valence-corrected chi connectivity index (χ1v) is 9.57. The fourth-order valence-corrected chi connectivity index (χ4v) is 3.31. The standard InChI is InChI=1S/C22H27N3O3/c1-15-18(22(27)25-11-13-28-14-12-25)9-6-10-19(15)24-21(26)16(2)20(23)17-7-4-3-5-8-17/h3-10,16,20H,11-14,23H2,1-2H3,(H,24,26).